The lowest BCUT2D eigenvalue weighted by molar-refractivity contribution is 1.36. The van der Waals surface area contributed by atoms with Crippen LogP contribution in [0.25, 0.3) is 21.9 Å². The summed E-state index contributed by atoms with van der Waals surface area (Å²) in [6, 6.07) is 16.8. The van der Waals surface area contributed by atoms with Crippen molar-refractivity contribution in [1.29, 1.82) is 0 Å². The Morgan fingerprint density at radius 1 is 0.765 bits per heavy atom. The van der Waals surface area contributed by atoms with E-state index in [0.29, 0.717) is 0 Å². The highest BCUT2D eigenvalue weighted by molar-refractivity contribution is 9.10. The highest BCUT2D eigenvalue weighted by atomic mass is 79.9. The normalized spacial score (nSPS) is 10.6. The first kappa shape index (κ1) is 10.5. The van der Waals surface area contributed by atoms with E-state index >= 15 is 0 Å². The summed E-state index contributed by atoms with van der Waals surface area (Å²) in [4.78, 5) is 4.12. The first-order valence-electron chi connectivity index (χ1n) is 5.43. The number of halogens is 1. The first-order chi connectivity index (χ1) is 8.33. The predicted octanol–water partition coefficient (Wildman–Crippen LogP) is 4.66. The maximum absolute atomic E-state index is 4.12. The van der Waals surface area contributed by atoms with Gasteiger partial charge < -0.3 is 0 Å². The van der Waals surface area contributed by atoms with Crippen LogP contribution in [0.2, 0.25) is 0 Å². The Hall–Kier alpha value is -1.67. The summed E-state index contributed by atoms with van der Waals surface area (Å²) in [5, 5.41) is 2.40. The third-order valence-electron chi connectivity index (χ3n) is 2.82. The molecule has 0 fully saturated rings. The highest BCUT2D eigenvalue weighted by Crippen LogP contribution is 2.25. The Bertz CT molecular complexity index is 659. The molecule has 0 aliphatic heterocycles. The van der Waals surface area contributed by atoms with Crippen LogP contribution >= 0.6 is 15.9 Å². The van der Waals surface area contributed by atoms with E-state index < -0.39 is 0 Å². The van der Waals surface area contributed by atoms with Gasteiger partial charge in [0.05, 0.1) is 0 Å². The van der Waals surface area contributed by atoms with Crippen molar-refractivity contribution in [3.05, 3.63) is 65.4 Å². The number of aromatic nitrogens is 1. The van der Waals surface area contributed by atoms with Crippen molar-refractivity contribution in [3.63, 3.8) is 0 Å². The molecule has 3 aromatic rings. The molecule has 0 unspecified atom stereocenters. The van der Waals surface area contributed by atoms with Crippen molar-refractivity contribution in [2.24, 2.45) is 0 Å². The third-order valence-corrected chi connectivity index (χ3v) is 3.35. The smallest absolute Gasteiger partial charge is 0.0346 e. The third kappa shape index (κ3) is 2.08. The average Bonchev–Trinajstić information content (AvgIpc) is 2.39. The Balaban J connectivity index is 2.14. The van der Waals surface area contributed by atoms with Crippen LogP contribution in [0.5, 0.6) is 0 Å². The molecule has 0 bridgehead atoms. The Morgan fingerprint density at radius 3 is 2.35 bits per heavy atom. The lowest BCUT2D eigenvalue weighted by Gasteiger charge is -2.04. The van der Waals surface area contributed by atoms with Gasteiger partial charge in [0.1, 0.15) is 0 Å². The zero-order chi connectivity index (χ0) is 11.7. The molecule has 0 aliphatic rings. The second kappa shape index (κ2) is 4.30. The van der Waals surface area contributed by atoms with E-state index in [-0.39, 0.29) is 0 Å². The molecule has 3 rings (SSSR count). The van der Waals surface area contributed by atoms with E-state index in [1.54, 1.807) is 0 Å². The molecule has 1 nitrogen and oxygen atoms in total. The summed E-state index contributed by atoms with van der Waals surface area (Å²) >= 11 is 3.45. The van der Waals surface area contributed by atoms with E-state index in [1.165, 1.54) is 21.9 Å². The van der Waals surface area contributed by atoms with Crippen LogP contribution < -0.4 is 0 Å². The molecule has 1 aromatic heterocycles. The molecule has 0 radical (unpaired) electrons. The molecular weight excluding hydrogens is 274 g/mol. The summed E-state index contributed by atoms with van der Waals surface area (Å²) in [5.41, 5.74) is 2.46. The van der Waals surface area contributed by atoms with E-state index in [0.717, 1.165) is 4.47 Å². The number of benzene rings is 2. The fourth-order valence-electron chi connectivity index (χ4n) is 1.91. The molecule has 0 aliphatic carbocycles. The molecule has 0 saturated carbocycles. The number of nitrogens with zero attached hydrogens (tertiary/aromatic N) is 1. The standard InChI is InChI=1S/C15H10BrN/c16-15-5-3-11(4-6-15)12-1-2-14-10-17-8-7-13(14)9-12/h1-10H. The molecule has 2 aromatic carbocycles. The molecule has 0 spiro atoms. The van der Waals surface area contributed by atoms with Crippen LogP contribution in [0.3, 0.4) is 0 Å². The van der Waals surface area contributed by atoms with Crippen molar-refractivity contribution in [1.82, 2.24) is 4.98 Å². The zero-order valence-corrected chi connectivity index (χ0v) is 10.7. The highest BCUT2D eigenvalue weighted by Gasteiger charge is 1.99. The minimum Gasteiger partial charge on any atom is -0.264 e. The second-order valence-corrected chi connectivity index (χ2v) is 4.86. The monoisotopic (exact) mass is 283 g/mol. The van der Waals surface area contributed by atoms with Crippen molar-refractivity contribution >= 4 is 26.7 Å². The molecule has 2 heteroatoms. The lowest BCUT2D eigenvalue weighted by atomic mass is 10.0. The van der Waals surface area contributed by atoms with Gasteiger partial charge in [0.15, 0.2) is 0 Å². The van der Waals surface area contributed by atoms with Gasteiger partial charge in [-0.15, -0.1) is 0 Å². The van der Waals surface area contributed by atoms with Gasteiger partial charge in [-0.2, -0.15) is 0 Å². The molecule has 0 N–H and O–H groups in total. The van der Waals surface area contributed by atoms with Crippen molar-refractivity contribution in [2.45, 2.75) is 0 Å². The van der Waals surface area contributed by atoms with Crippen LogP contribution in [0.15, 0.2) is 65.4 Å². The van der Waals surface area contributed by atoms with Crippen LogP contribution in [0.1, 0.15) is 0 Å². The fraction of sp³-hybridized carbons (Fsp3) is 0. The van der Waals surface area contributed by atoms with E-state index in [9.17, 15) is 0 Å². The van der Waals surface area contributed by atoms with Crippen molar-refractivity contribution in [3.8, 4) is 11.1 Å². The lowest BCUT2D eigenvalue weighted by Crippen LogP contribution is -1.79. The second-order valence-electron chi connectivity index (χ2n) is 3.94. The van der Waals surface area contributed by atoms with Crippen molar-refractivity contribution in [2.75, 3.05) is 0 Å². The molecular formula is C15H10BrN. The summed E-state index contributed by atoms with van der Waals surface area (Å²) < 4.78 is 1.10. The molecule has 0 amide bonds. The number of rotatable bonds is 1. The summed E-state index contributed by atoms with van der Waals surface area (Å²) in [7, 11) is 0. The summed E-state index contributed by atoms with van der Waals surface area (Å²) in [5.74, 6) is 0. The SMILES string of the molecule is Brc1ccc(-c2ccc3cnccc3c2)cc1. The van der Waals surface area contributed by atoms with Gasteiger partial charge in [0.25, 0.3) is 0 Å². The largest absolute Gasteiger partial charge is 0.264 e. The van der Waals surface area contributed by atoms with E-state index in [4.69, 9.17) is 0 Å². The number of hydrogen-bond donors (Lipinski definition) is 0. The van der Waals surface area contributed by atoms with Crippen LogP contribution in [0, 0.1) is 0 Å². The number of hydrogen-bond acceptors (Lipinski definition) is 1. The van der Waals surface area contributed by atoms with Gasteiger partial charge in [-0.25, -0.2) is 0 Å². The topological polar surface area (TPSA) is 12.9 Å². The minimum atomic E-state index is 1.10. The van der Waals surface area contributed by atoms with Crippen LogP contribution in [0.4, 0.5) is 0 Å². The van der Waals surface area contributed by atoms with E-state index in [1.807, 2.05) is 18.5 Å². The van der Waals surface area contributed by atoms with Gasteiger partial charge >= 0.3 is 0 Å². The maximum Gasteiger partial charge on any atom is 0.0346 e. The Morgan fingerprint density at radius 2 is 1.53 bits per heavy atom. The average molecular weight is 284 g/mol. The molecule has 0 atom stereocenters. The summed E-state index contributed by atoms with van der Waals surface area (Å²) in [6.45, 7) is 0. The van der Waals surface area contributed by atoms with Crippen LogP contribution in [-0.2, 0) is 0 Å². The van der Waals surface area contributed by atoms with Gasteiger partial charge in [0, 0.05) is 22.3 Å². The molecule has 0 saturated heterocycles. The summed E-state index contributed by atoms with van der Waals surface area (Å²) in [6.07, 6.45) is 3.72. The quantitative estimate of drug-likeness (QED) is 0.633. The fourth-order valence-corrected chi connectivity index (χ4v) is 2.17. The van der Waals surface area contributed by atoms with Crippen molar-refractivity contribution < 1.29 is 0 Å². The van der Waals surface area contributed by atoms with Gasteiger partial charge in [0.2, 0.25) is 0 Å². The van der Waals surface area contributed by atoms with Gasteiger partial charge in [-0.3, -0.25) is 4.98 Å². The predicted molar refractivity (Wildman–Crippen MR) is 74.9 cm³/mol. The van der Waals surface area contributed by atoms with E-state index in [2.05, 4.69) is 63.4 Å². The number of pyridine rings is 1. The van der Waals surface area contributed by atoms with Crippen LogP contribution in [-0.4, -0.2) is 4.98 Å². The molecule has 1 heterocycles. The first-order valence-corrected chi connectivity index (χ1v) is 6.22. The zero-order valence-electron chi connectivity index (χ0n) is 9.10. The Kier molecular flexibility index (Phi) is 2.65. The minimum absolute atomic E-state index is 1.10. The molecule has 17 heavy (non-hydrogen) atoms. The van der Waals surface area contributed by atoms with Gasteiger partial charge in [-0.05, 0) is 40.8 Å². The van der Waals surface area contributed by atoms with Gasteiger partial charge in [-0.1, -0.05) is 40.2 Å². The Labute approximate surface area is 108 Å². The maximum atomic E-state index is 4.12. The molecule has 82 valence electrons. The number of fused-ring (bicyclic) bond motifs is 1.